The Labute approximate surface area is 125 Å². The van der Waals surface area contributed by atoms with Gasteiger partial charge in [-0.15, -0.1) is 11.3 Å². The first kappa shape index (κ1) is 14.1. The monoisotopic (exact) mass is 343 g/mol. The van der Waals surface area contributed by atoms with Gasteiger partial charge in [-0.3, -0.25) is 0 Å². The van der Waals surface area contributed by atoms with Crippen molar-refractivity contribution in [1.29, 1.82) is 0 Å². The van der Waals surface area contributed by atoms with Crippen molar-refractivity contribution in [3.8, 4) is 0 Å². The topological polar surface area (TPSA) is 12.0 Å². The fourth-order valence-corrected chi connectivity index (χ4v) is 3.28. The van der Waals surface area contributed by atoms with Crippen LogP contribution in [0, 0.1) is 13.8 Å². The highest BCUT2D eigenvalue weighted by atomic mass is 79.9. The van der Waals surface area contributed by atoms with E-state index in [1.165, 1.54) is 20.9 Å². The molecular formula is C14H15BrClNS. The summed E-state index contributed by atoms with van der Waals surface area (Å²) in [4.78, 5) is 2.79. The van der Waals surface area contributed by atoms with E-state index in [2.05, 4.69) is 47.2 Å². The van der Waals surface area contributed by atoms with E-state index in [4.69, 9.17) is 11.6 Å². The zero-order valence-electron chi connectivity index (χ0n) is 10.4. The molecule has 0 aliphatic heterocycles. The lowest BCUT2D eigenvalue weighted by atomic mass is 10.2. The van der Waals surface area contributed by atoms with Gasteiger partial charge in [0, 0.05) is 27.3 Å². The normalized spacial score (nSPS) is 10.9. The third-order valence-corrected chi connectivity index (χ3v) is 5.20. The average Bonchev–Trinajstić information content (AvgIpc) is 2.63. The molecule has 0 bridgehead atoms. The van der Waals surface area contributed by atoms with Crippen LogP contribution in [-0.2, 0) is 13.1 Å². The van der Waals surface area contributed by atoms with Crippen LogP contribution < -0.4 is 5.32 Å². The standard InChI is InChI=1S/C14H15BrClNS/c1-9-5-12(18-10(9)2)8-17-7-11-3-4-14(16)13(15)6-11/h3-6,17H,7-8H2,1-2H3. The third-order valence-electron chi connectivity index (χ3n) is 2.83. The molecule has 0 aliphatic carbocycles. The minimum atomic E-state index is 0.753. The smallest absolute Gasteiger partial charge is 0.0548 e. The van der Waals surface area contributed by atoms with Crippen LogP contribution in [0.2, 0.25) is 5.02 Å². The molecule has 0 saturated heterocycles. The third kappa shape index (κ3) is 3.58. The van der Waals surface area contributed by atoms with Crippen molar-refractivity contribution < 1.29 is 0 Å². The molecular weight excluding hydrogens is 330 g/mol. The number of hydrogen-bond donors (Lipinski definition) is 1. The first-order valence-electron chi connectivity index (χ1n) is 5.77. The molecule has 2 rings (SSSR count). The van der Waals surface area contributed by atoms with Crippen molar-refractivity contribution in [3.05, 3.63) is 54.6 Å². The maximum absolute atomic E-state index is 5.97. The van der Waals surface area contributed by atoms with Crippen molar-refractivity contribution in [2.24, 2.45) is 0 Å². The number of hydrogen-bond acceptors (Lipinski definition) is 2. The molecule has 1 aromatic carbocycles. The van der Waals surface area contributed by atoms with E-state index in [9.17, 15) is 0 Å². The highest BCUT2D eigenvalue weighted by Crippen LogP contribution is 2.23. The molecule has 0 amide bonds. The summed E-state index contributed by atoms with van der Waals surface area (Å²) in [7, 11) is 0. The molecule has 1 aromatic heterocycles. The number of rotatable bonds is 4. The van der Waals surface area contributed by atoms with Gasteiger partial charge in [-0.2, -0.15) is 0 Å². The summed E-state index contributed by atoms with van der Waals surface area (Å²) in [5.74, 6) is 0. The molecule has 0 spiro atoms. The second-order valence-corrected chi connectivity index (χ2v) is 6.91. The first-order valence-corrected chi connectivity index (χ1v) is 7.75. The second-order valence-electron chi connectivity index (χ2n) is 4.30. The highest BCUT2D eigenvalue weighted by Gasteiger charge is 2.02. The minimum Gasteiger partial charge on any atom is -0.308 e. The Hall–Kier alpha value is -0.350. The number of benzene rings is 1. The Morgan fingerprint density at radius 3 is 2.61 bits per heavy atom. The number of aryl methyl sites for hydroxylation is 2. The summed E-state index contributed by atoms with van der Waals surface area (Å²) in [5, 5.41) is 4.20. The van der Waals surface area contributed by atoms with Gasteiger partial charge in [-0.25, -0.2) is 0 Å². The Balaban J connectivity index is 1.90. The summed E-state index contributed by atoms with van der Waals surface area (Å²) in [5.41, 5.74) is 2.61. The van der Waals surface area contributed by atoms with Crippen LogP contribution >= 0.6 is 38.9 Å². The molecule has 0 aliphatic rings. The number of thiophene rings is 1. The van der Waals surface area contributed by atoms with Gasteiger partial charge in [0.15, 0.2) is 0 Å². The average molecular weight is 345 g/mol. The fourth-order valence-electron chi connectivity index (χ4n) is 1.72. The van der Waals surface area contributed by atoms with Crippen molar-refractivity contribution in [3.63, 3.8) is 0 Å². The number of nitrogens with one attached hydrogen (secondary N) is 1. The molecule has 0 fully saturated rings. The molecule has 2 aromatic rings. The lowest BCUT2D eigenvalue weighted by Crippen LogP contribution is -2.11. The lowest BCUT2D eigenvalue weighted by molar-refractivity contribution is 0.700. The van der Waals surface area contributed by atoms with E-state index in [1.54, 1.807) is 0 Å². The van der Waals surface area contributed by atoms with Gasteiger partial charge in [-0.05, 0) is 59.1 Å². The van der Waals surface area contributed by atoms with Gasteiger partial charge < -0.3 is 5.32 Å². The first-order chi connectivity index (χ1) is 8.56. The van der Waals surface area contributed by atoms with Crippen LogP contribution in [0.15, 0.2) is 28.7 Å². The van der Waals surface area contributed by atoms with Gasteiger partial charge in [0.1, 0.15) is 0 Å². The van der Waals surface area contributed by atoms with Gasteiger partial charge in [-0.1, -0.05) is 17.7 Å². The lowest BCUT2D eigenvalue weighted by Gasteiger charge is -2.05. The Bertz CT molecular complexity index is 531. The molecule has 1 nitrogen and oxygen atoms in total. The van der Waals surface area contributed by atoms with Crippen molar-refractivity contribution in [1.82, 2.24) is 5.32 Å². The van der Waals surface area contributed by atoms with Crippen molar-refractivity contribution in [2.75, 3.05) is 0 Å². The largest absolute Gasteiger partial charge is 0.308 e. The van der Waals surface area contributed by atoms with E-state index >= 15 is 0 Å². The van der Waals surface area contributed by atoms with Crippen LogP contribution in [-0.4, -0.2) is 0 Å². The second kappa shape index (κ2) is 6.20. The van der Waals surface area contributed by atoms with Gasteiger partial charge in [0.25, 0.3) is 0 Å². The molecule has 96 valence electrons. The van der Waals surface area contributed by atoms with Crippen LogP contribution in [0.4, 0.5) is 0 Å². The molecule has 0 atom stereocenters. The van der Waals surface area contributed by atoms with E-state index in [0.29, 0.717) is 0 Å². The maximum Gasteiger partial charge on any atom is 0.0548 e. The molecule has 4 heteroatoms. The highest BCUT2D eigenvalue weighted by molar-refractivity contribution is 9.10. The zero-order chi connectivity index (χ0) is 13.1. The predicted molar refractivity (Wildman–Crippen MR) is 83.5 cm³/mol. The van der Waals surface area contributed by atoms with Crippen molar-refractivity contribution >= 4 is 38.9 Å². The molecule has 0 saturated carbocycles. The molecule has 0 radical (unpaired) electrons. The molecule has 0 unspecified atom stereocenters. The van der Waals surface area contributed by atoms with E-state index in [0.717, 1.165) is 22.6 Å². The quantitative estimate of drug-likeness (QED) is 0.816. The van der Waals surface area contributed by atoms with Crippen LogP contribution in [0.1, 0.15) is 20.9 Å². The summed E-state index contributed by atoms with van der Waals surface area (Å²) in [6.45, 7) is 6.09. The Morgan fingerprint density at radius 1 is 1.22 bits per heavy atom. The van der Waals surface area contributed by atoms with Crippen molar-refractivity contribution in [2.45, 2.75) is 26.9 Å². The van der Waals surface area contributed by atoms with Gasteiger partial charge in [0.05, 0.1) is 5.02 Å². The number of halogens is 2. The molecule has 1 heterocycles. The van der Waals surface area contributed by atoms with Gasteiger partial charge in [0.2, 0.25) is 0 Å². The van der Waals surface area contributed by atoms with Crippen LogP contribution in [0.3, 0.4) is 0 Å². The summed E-state index contributed by atoms with van der Waals surface area (Å²) >= 11 is 11.3. The molecule has 1 N–H and O–H groups in total. The molecule has 18 heavy (non-hydrogen) atoms. The Kier molecular flexibility index (Phi) is 4.84. The summed E-state index contributed by atoms with van der Waals surface area (Å²) in [6.07, 6.45) is 0. The minimum absolute atomic E-state index is 0.753. The Morgan fingerprint density at radius 2 is 2.00 bits per heavy atom. The van der Waals surface area contributed by atoms with E-state index < -0.39 is 0 Å². The van der Waals surface area contributed by atoms with E-state index in [-0.39, 0.29) is 0 Å². The van der Waals surface area contributed by atoms with Crippen LogP contribution in [0.25, 0.3) is 0 Å². The summed E-state index contributed by atoms with van der Waals surface area (Å²) in [6, 6.07) is 8.28. The summed E-state index contributed by atoms with van der Waals surface area (Å²) < 4.78 is 0.950. The predicted octanol–water partition coefficient (Wildman–Crippen LogP) is 5.07. The zero-order valence-corrected chi connectivity index (χ0v) is 13.5. The maximum atomic E-state index is 5.97. The van der Waals surface area contributed by atoms with Crippen LogP contribution in [0.5, 0.6) is 0 Å². The SMILES string of the molecule is Cc1cc(CNCc2ccc(Cl)c(Br)c2)sc1C. The van der Waals surface area contributed by atoms with E-state index in [1.807, 2.05) is 23.5 Å². The van der Waals surface area contributed by atoms with Gasteiger partial charge >= 0.3 is 0 Å². The fraction of sp³-hybridized carbons (Fsp3) is 0.286.